The Morgan fingerprint density at radius 2 is 1.77 bits per heavy atom. The number of benzene rings is 2. The highest BCUT2D eigenvalue weighted by Crippen LogP contribution is 2.28. The molecule has 0 saturated carbocycles. The zero-order valence-corrected chi connectivity index (χ0v) is 14.2. The predicted octanol–water partition coefficient (Wildman–Crippen LogP) is 4.54. The first kappa shape index (κ1) is 17.9. The number of alkyl halides is 2. The molecular formula is C20H20F2N2O2. The molecule has 1 aliphatic heterocycles. The molecule has 1 saturated heterocycles. The van der Waals surface area contributed by atoms with Gasteiger partial charge in [-0.25, -0.2) is 0 Å². The van der Waals surface area contributed by atoms with Crippen LogP contribution in [0.4, 0.5) is 20.2 Å². The lowest BCUT2D eigenvalue weighted by Crippen LogP contribution is -2.20. The zero-order chi connectivity index (χ0) is 18.4. The van der Waals surface area contributed by atoms with Crippen LogP contribution in [0.1, 0.15) is 18.4 Å². The molecule has 3 rings (SSSR count). The van der Waals surface area contributed by atoms with E-state index in [1.54, 1.807) is 18.2 Å². The van der Waals surface area contributed by atoms with Crippen LogP contribution in [0.15, 0.2) is 54.6 Å². The van der Waals surface area contributed by atoms with Crippen molar-refractivity contribution in [2.24, 2.45) is 0 Å². The van der Waals surface area contributed by atoms with Crippen LogP contribution in [0, 0.1) is 0 Å². The number of ether oxygens (including phenoxy) is 1. The predicted molar refractivity (Wildman–Crippen MR) is 98.6 cm³/mol. The molecular weight excluding hydrogens is 338 g/mol. The van der Waals surface area contributed by atoms with E-state index in [0.29, 0.717) is 0 Å². The van der Waals surface area contributed by atoms with E-state index in [1.807, 2.05) is 24.3 Å². The van der Waals surface area contributed by atoms with Gasteiger partial charge in [0.05, 0.1) is 11.4 Å². The number of hydrogen-bond acceptors (Lipinski definition) is 3. The maximum atomic E-state index is 12.2. The molecule has 0 aromatic heterocycles. The van der Waals surface area contributed by atoms with E-state index in [1.165, 1.54) is 18.2 Å². The van der Waals surface area contributed by atoms with E-state index < -0.39 is 6.61 Å². The van der Waals surface area contributed by atoms with Crippen molar-refractivity contribution in [2.45, 2.75) is 19.5 Å². The number of nitrogens with one attached hydrogen (secondary N) is 1. The molecule has 0 radical (unpaired) electrons. The van der Waals surface area contributed by atoms with Gasteiger partial charge in [0.1, 0.15) is 5.75 Å². The van der Waals surface area contributed by atoms with E-state index in [9.17, 15) is 13.6 Å². The van der Waals surface area contributed by atoms with E-state index in [2.05, 4.69) is 15.0 Å². The Labute approximate surface area is 151 Å². The Morgan fingerprint density at radius 1 is 1.08 bits per heavy atom. The van der Waals surface area contributed by atoms with E-state index in [0.717, 1.165) is 42.9 Å². The summed E-state index contributed by atoms with van der Waals surface area (Å²) in [6, 6.07) is 13.8. The van der Waals surface area contributed by atoms with Crippen molar-refractivity contribution in [1.29, 1.82) is 0 Å². The summed E-state index contributed by atoms with van der Waals surface area (Å²) in [6.07, 6.45) is 5.37. The van der Waals surface area contributed by atoms with Crippen LogP contribution in [0.3, 0.4) is 0 Å². The Balaban J connectivity index is 1.63. The fraction of sp³-hybridized carbons (Fsp3) is 0.250. The van der Waals surface area contributed by atoms with Crippen molar-refractivity contribution >= 4 is 23.4 Å². The van der Waals surface area contributed by atoms with Crippen molar-refractivity contribution in [3.63, 3.8) is 0 Å². The highest BCUT2D eigenvalue weighted by atomic mass is 19.3. The summed E-state index contributed by atoms with van der Waals surface area (Å²) in [7, 11) is 0. The van der Waals surface area contributed by atoms with E-state index in [4.69, 9.17) is 0 Å². The van der Waals surface area contributed by atoms with Gasteiger partial charge < -0.3 is 15.0 Å². The summed E-state index contributed by atoms with van der Waals surface area (Å²) in [5.74, 6) is -0.161. The Hall–Kier alpha value is -2.89. The van der Waals surface area contributed by atoms with E-state index in [-0.39, 0.29) is 11.7 Å². The average Bonchev–Trinajstić information content (AvgIpc) is 3.16. The van der Waals surface area contributed by atoms with Crippen molar-refractivity contribution < 1.29 is 18.3 Å². The Bertz CT molecular complexity index is 770. The molecule has 2 aromatic rings. The first-order chi connectivity index (χ1) is 12.6. The quantitative estimate of drug-likeness (QED) is 0.771. The van der Waals surface area contributed by atoms with Crippen LogP contribution >= 0.6 is 0 Å². The lowest BCUT2D eigenvalue weighted by Gasteiger charge is -2.21. The second kappa shape index (κ2) is 8.47. The number of nitrogens with zero attached hydrogens (tertiary/aromatic N) is 1. The Kier molecular flexibility index (Phi) is 5.84. The number of carbonyl (C=O) groups is 1. The molecule has 1 amide bonds. The molecule has 0 bridgehead atoms. The number of halogens is 2. The Morgan fingerprint density at radius 3 is 2.46 bits per heavy atom. The van der Waals surface area contributed by atoms with Crippen LogP contribution in [-0.2, 0) is 4.79 Å². The molecule has 0 atom stereocenters. The zero-order valence-electron chi connectivity index (χ0n) is 14.2. The maximum Gasteiger partial charge on any atom is 0.387 e. The second-order valence-corrected chi connectivity index (χ2v) is 5.98. The lowest BCUT2D eigenvalue weighted by molar-refractivity contribution is -0.111. The van der Waals surface area contributed by atoms with Gasteiger partial charge in [0.2, 0.25) is 5.91 Å². The van der Waals surface area contributed by atoms with Gasteiger partial charge in [-0.15, -0.1) is 0 Å². The summed E-state index contributed by atoms with van der Waals surface area (Å²) in [5.41, 5.74) is 2.53. The minimum atomic E-state index is -2.85. The number of carbonyl (C=O) groups excluding carboxylic acids is 1. The fourth-order valence-corrected chi connectivity index (χ4v) is 2.92. The monoisotopic (exact) mass is 358 g/mol. The summed E-state index contributed by atoms with van der Waals surface area (Å²) in [4.78, 5) is 14.5. The molecule has 136 valence electrons. The third-order valence-electron chi connectivity index (χ3n) is 4.14. The average molecular weight is 358 g/mol. The molecule has 26 heavy (non-hydrogen) atoms. The van der Waals surface area contributed by atoms with Gasteiger partial charge in [-0.05, 0) is 48.7 Å². The number of anilines is 2. The first-order valence-corrected chi connectivity index (χ1v) is 8.50. The molecule has 1 heterocycles. The molecule has 1 fully saturated rings. The van der Waals surface area contributed by atoms with Crippen LogP contribution < -0.4 is 15.0 Å². The van der Waals surface area contributed by atoms with Gasteiger partial charge in [0.25, 0.3) is 0 Å². The van der Waals surface area contributed by atoms with Crippen molar-refractivity contribution in [3.05, 3.63) is 60.2 Å². The number of amides is 1. The van der Waals surface area contributed by atoms with Gasteiger partial charge in [0.15, 0.2) is 0 Å². The summed E-state index contributed by atoms with van der Waals surface area (Å²) < 4.78 is 28.6. The third kappa shape index (κ3) is 4.81. The smallest absolute Gasteiger partial charge is 0.387 e. The molecule has 0 unspecified atom stereocenters. The number of rotatable bonds is 6. The molecule has 1 aliphatic rings. The van der Waals surface area contributed by atoms with Gasteiger partial charge >= 0.3 is 6.61 Å². The lowest BCUT2D eigenvalue weighted by atomic mass is 10.2. The molecule has 4 nitrogen and oxygen atoms in total. The number of hydrogen-bond donors (Lipinski definition) is 1. The first-order valence-electron chi connectivity index (χ1n) is 8.50. The number of para-hydroxylation sites is 2. The summed E-state index contributed by atoms with van der Waals surface area (Å²) in [6.45, 7) is -0.858. The molecule has 1 N–H and O–H groups in total. The van der Waals surface area contributed by atoms with Crippen LogP contribution in [0.2, 0.25) is 0 Å². The topological polar surface area (TPSA) is 41.6 Å². The fourth-order valence-electron chi connectivity index (χ4n) is 2.92. The van der Waals surface area contributed by atoms with Crippen LogP contribution in [-0.4, -0.2) is 25.6 Å². The van der Waals surface area contributed by atoms with Gasteiger partial charge in [0, 0.05) is 19.2 Å². The molecule has 6 heteroatoms. The molecule has 0 aliphatic carbocycles. The highest BCUT2D eigenvalue weighted by Gasteiger charge is 2.15. The van der Waals surface area contributed by atoms with E-state index >= 15 is 0 Å². The summed E-state index contributed by atoms with van der Waals surface area (Å²) >= 11 is 0. The van der Waals surface area contributed by atoms with Crippen molar-refractivity contribution in [1.82, 2.24) is 0 Å². The SMILES string of the molecule is O=C(/C=C/c1ccc(OC(F)F)cc1)Nc1ccccc1N1CCCC1. The second-order valence-electron chi connectivity index (χ2n) is 5.98. The molecule has 2 aromatic carbocycles. The largest absolute Gasteiger partial charge is 0.435 e. The van der Waals surface area contributed by atoms with Crippen LogP contribution in [0.25, 0.3) is 6.08 Å². The molecule has 0 spiro atoms. The minimum Gasteiger partial charge on any atom is -0.435 e. The van der Waals surface area contributed by atoms with Gasteiger partial charge in [-0.2, -0.15) is 8.78 Å². The normalized spacial score (nSPS) is 14.2. The standard InChI is InChI=1S/C20H20F2N2O2/c21-20(22)26-16-10-7-15(8-11-16)9-12-19(25)23-17-5-1-2-6-18(17)24-13-3-4-14-24/h1-2,5-12,20H,3-4,13-14H2,(H,23,25)/b12-9+. The van der Waals surface area contributed by atoms with Gasteiger partial charge in [-0.3, -0.25) is 4.79 Å². The van der Waals surface area contributed by atoms with Crippen molar-refractivity contribution in [3.8, 4) is 5.75 Å². The highest BCUT2D eigenvalue weighted by molar-refractivity contribution is 6.03. The summed E-state index contributed by atoms with van der Waals surface area (Å²) in [5, 5.41) is 2.90. The third-order valence-corrected chi connectivity index (χ3v) is 4.14. The van der Waals surface area contributed by atoms with Crippen molar-refractivity contribution in [2.75, 3.05) is 23.3 Å². The minimum absolute atomic E-state index is 0.0844. The van der Waals surface area contributed by atoms with Crippen LogP contribution in [0.5, 0.6) is 5.75 Å². The van der Waals surface area contributed by atoms with Gasteiger partial charge in [-0.1, -0.05) is 24.3 Å². The maximum absolute atomic E-state index is 12.2.